The molecular formula is C18H20F2N2O3S. The number of sulfone groups is 1. The molecule has 2 aromatic rings. The molecule has 0 aliphatic rings. The smallest absolute Gasteiger partial charge is 0.341 e. The Bertz CT molecular complexity index is 897. The van der Waals surface area contributed by atoms with Gasteiger partial charge in [-0.1, -0.05) is 12.1 Å². The minimum atomic E-state index is -4.62. The van der Waals surface area contributed by atoms with Gasteiger partial charge in [0.2, 0.25) is 15.7 Å². The van der Waals surface area contributed by atoms with E-state index in [4.69, 9.17) is 0 Å². The zero-order valence-corrected chi connectivity index (χ0v) is 15.5. The number of hydrogen-bond acceptors (Lipinski definition) is 4. The molecule has 0 aliphatic carbocycles. The van der Waals surface area contributed by atoms with Crippen molar-refractivity contribution in [3.05, 3.63) is 53.6 Å². The summed E-state index contributed by atoms with van der Waals surface area (Å²) in [5.74, 6) is -3.71. The molecule has 0 radical (unpaired) electrons. The van der Waals surface area contributed by atoms with E-state index in [9.17, 15) is 22.0 Å². The number of alkyl halides is 2. The molecule has 2 rings (SSSR count). The SMILES string of the molecule is Cc1cccc(NC(=O)CN(C)c2ccc(S(=O)(=O)C(F)F)cc2)c1C. The molecular weight excluding hydrogens is 362 g/mol. The molecule has 0 heterocycles. The first-order valence-corrected chi connectivity index (χ1v) is 9.37. The third-order valence-corrected chi connectivity index (χ3v) is 5.50. The maximum atomic E-state index is 12.5. The van der Waals surface area contributed by atoms with Crippen LogP contribution in [0.2, 0.25) is 0 Å². The molecule has 1 amide bonds. The highest BCUT2D eigenvalue weighted by Crippen LogP contribution is 2.22. The Hall–Kier alpha value is -2.48. The van der Waals surface area contributed by atoms with Gasteiger partial charge in [-0.2, -0.15) is 8.78 Å². The summed E-state index contributed by atoms with van der Waals surface area (Å²) in [5.41, 5.74) is 3.30. The van der Waals surface area contributed by atoms with Crippen LogP contribution in [0.5, 0.6) is 0 Å². The predicted molar refractivity (Wildman–Crippen MR) is 97.4 cm³/mol. The fourth-order valence-electron chi connectivity index (χ4n) is 2.38. The molecule has 26 heavy (non-hydrogen) atoms. The number of rotatable bonds is 6. The van der Waals surface area contributed by atoms with E-state index in [1.54, 1.807) is 11.9 Å². The summed E-state index contributed by atoms with van der Waals surface area (Å²) in [7, 11) is -2.97. The van der Waals surface area contributed by atoms with Gasteiger partial charge in [-0.25, -0.2) is 8.42 Å². The van der Waals surface area contributed by atoms with Gasteiger partial charge in [0.1, 0.15) is 0 Å². The number of nitrogens with zero attached hydrogens (tertiary/aromatic N) is 1. The first kappa shape index (κ1) is 19.8. The highest BCUT2D eigenvalue weighted by atomic mass is 32.2. The topological polar surface area (TPSA) is 66.5 Å². The lowest BCUT2D eigenvalue weighted by molar-refractivity contribution is -0.114. The van der Waals surface area contributed by atoms with E-state index in [-0.39, 0.29) is 12.5 Å². The Morgan fingerprint density at radius 3 is 2.31 bits per heavy atom. The molecule has 0 saturated heterocycles. The second-order valence-corrected chi connectivity index (χ2v) is 7.87. The molecule has 0 fully saturated rings. The van der Waals surface area contributed by atoms with Gasteiger partial charge in [-0.3, -0.25) is 4.79 Å². The number of hydrogen-bond donors (Lipinski definition) is 1. The highest BCUT2D eigenvalue weighted by molar-refractivity contribution is 7.91. The number of carbonyl (C=O) groups excluding carboxylic acids is 1. The van der Waals surface area contributed by atoms with Gasteiger partial charge in [0, 0.05) is 18.4 Å². The van der Waals surface area contributed by atoms with E-state index in [0.29, 0.717) is 5.69 Å². The largest absolute Gasteiger partial charge is 0.365 e. The van der Waals surface area contributed by atoms with E-state index in [1.165, 1.54) is 12.1 Å². The second kappa shape index (κ2) is 7.82. The predicted octanol–water partition coefficient (Wildman–Crippen LogP) is 3.37. The molecule has 0 saturated carbocycles. The molecule has 0 aromatic heterocycles. The number of benzene rings is 2. The van der Waals surface area contributed by atoms with Gasteiger partial charge in [-0.05, 0) is 55.3 Å². The van der Waals surface area contributed by atoms with Crippen molar-refractivity contribution >= 4 is 27.1 Å². The Morgan fingerprint density at radius 2 is 1.73 bits per heavy atom. The molecule has 140 valence electrons. The van der Waals surface area contributed by atoms with E-state index in [2.05, 4.69) is 5.32 Å². The lowest BCUT2D eigenvalue weighted by Gasteiger charge is -2.19. The van der Waals surface area contributed by atoms with Crippen LogP contribution in [0.3, 0.4) is 0 Å². The van der Waals surface area contributed by atoms with Crippen LogP contribution in [0.4, 0.5) is 20.2 Å². The molecule has 0 bridgehead atoms. The molecule has 2 aromatic carbocycles. The summed E-state index contributed by atoms with van der Waals surface area (Å²) < 4.78 is 47.9. The number of nitrogens with one attached hydrogen (secondary N) is 1. The summed E-state index contributed by atoms with van der Waals surface area (Å²) in [4.78, 5) is 13.4. The van der Waals surface area contributed by atoms with Crippen molar-refractivity contribution in [3.8, 4) is 0 Å². The average Bonchev–Trinajstić information content (AvgIpc) is 2.59. The number of likely N-dealkylation sites (N-methyl/N-ethyl adjacent to an activating group) is 1. The summed E-state index contributed by atoms with van der Waals surface area (Å²) >= 11 is 0. The average molecular weight is 382 g/mol. The van der Waals surface area contributed by atoms with E-state index >= 15 is 0 Å². The monoisotopic (exact) mass is 382 g/mol. The van der Waals surface area contributed by atoms with Crippen molar-refractivity contribution in [2.75, 3.05) is 23.8 Å². The summed E-state index contributed by atoms with van der Waals surface area (Å²) in [6.45, 7) is 3.89. The second-order valence-electron chi connectivity index (χ2n) is 5.95. The Balaban J connectivity index is 2.06. The third kappa shape index (κ3) is 4.37. The van der Waals surface area contributed by atoms with E-state index in [1.807, 2.05) is 32.0 Å². The number of amides is 1. The molecule has 0 atom stereocenters. The fraction of sp³-hybridized carbons (Fsp3) is 0.278. The Labute approximate surface area is 151 Å². The summed E-state index contributed by atoms with van der Waals surface area (Å²) in [5, 5.41) is 2.83. The molecule has 8 heteroatoms. The first-order chi connectivity index (χ1) is 12.1. The van der Waals surface area contributed by atoms with Crippen molar-refractivity contribution in [3.63, 3.8) is 0 Å². The molecule has 0 spiro atoms. The maximum absolute atomic E-state index is 12.5. The van der Waals surface area contributed by atoms with Crippen molar-refractivity contribution in [2.24, 2.45) is 0 Å². The van der Waals surface area contributed by atoms with Gasteiger partial charge in [0.15, 0.2) is 0 Å². The minimum Gasteiger partial charge on any atom is -0.365 e. The van der Waals surface area contributed by atoms with Crippen molar-refractivity contribution < 1.29 is 22.0 Å². The number of carbonyl (C=O) groups is 1. The van der Waals surface area contributed by atoms with Crippen LogP contribution in [-0.2, 0) is 14.6 Å². The lowest BCUT2D eigenvalue weighted by Crippen LogP contribution is -2.30. The highest BCUT2D eigenvalue weighted by Gasteiger charge is 2.26. The standard InChI is InChI=1S/C18H20F2N2O3S/c1-12-5-4-6-16(13(12)2)21-17(23)11-22(3)14-7-9-15(10-8-14)26(24,25)18(19)20/h4-10,18H,11H2,1-3H3,(H,21,23). The van der Waals surface area contributed by atoms with E-state index < -0.39 is 20.5 Å². The van der Waals surface area contributed by atoms with Gasteiger partial charge in [0.05, 0.1) is 11.4 Å². The van der Waals surface area contributed by atoms with Crippen LogP contribution in [0, 0.1) is 13.8 Å². The zero-order chi connectivity index (χ0) is 19.5. The summed E-state index contributed by atoms with van der Waals surface area (Å²) in [6, 6.07) is 10.6. The molecule has 0 unspecified atom stereocenters. The Morgan fingerprint density at radius 1 is 1.12 bits per heavy atom. The maximum Gasteiger partial charge on any atom is 0.341 e. The van der Waals surface area contributed by atoms with Crippen LogP contribution in [0.1, 0.15) is 11.1 Å². The van der Waals surface area contributed by atoms with Gasteiger partial charge in [0.25, 0.3) is 0 Å². The first-order valence-electron chi connectivity index (χ1n) is 7.82. The van der Waals surface area contributed by atoms with Crippen LogP contribution >= 0.6 is 0 Å². The molecule has 1 N–H and O–H groups in total. The van der Waals surface area contributed by atoms with Crippen LogP contribution in [0.25, 0.3) is 0 Å². The van der Waals surface area contributed by atoms with Gasteiger partial charge >= 0.3 is 5.76 Å². The minimum absolute atomic E-state index is 0.0221. The van der Waals surface area contributed by atoms with Crippen LogP contribution in [0.15, 0.2) is 47.4 Å². The lowest BCUT2D eigenvalue weighted by atomic mass is 10.1. The zero-order valence-electron chi connectivity index (χ0n) is 14.7. The van der Waals surface area contributed by atoms with Crippen LogP contribution in [-0.4, -0.2) is 33.7 Å². The fourth-order valence-corrected chi connectivity index (χ4v) is 3.10. The van der Waals surface area contributed by atoms with Crippen molar-refractivity contribution in [1.29, 1.82) is 0 Å². The summed E-state index contributed by atoms with van der Waals surface area (Å²) in [6.07, 6.45) is 0. The molecule has 5 nitrogen and oxygen atoms in total. The van der Waals surface area contributed by atoms with Gasteiger partial charge < -0.3 is 10.2 Å². The number of halogens is 2. The van der Waals surface area contributed by atoms with Gasteiger partial charge in [-0.15, -0.1) is 0 Å². The molecule has 0 aliphatic heterocycles. The Kier molecular flexibility index (Phi) is 5.97. The van der Waals surface area contributed by atoms with Crippen LogP contribution < -0.4 is 10.2 Å². The normalized spacial score (nSPS) is 11.5. The number of anilines is 2. The van der Waals surface area contributed by atoms with E-state index in [0.717, 1.165) is 28.9 Å². The van der Waals surface area contributed by atoms with Crippen molar-refractivity contribution in [1.82, 2.24) is 0 Å². The quantitative estimate of drug-likeness (QED) is 0.832. The number of aryl methyl sites for hydroxylation is 1. The third-order valence-electron chi connectivity index (χ3n) is 4.10. The van der Waals surface area contributed by atoms with Crippen molar-refractivity contribution in [2.45, 2.75) is 24.5 Å².